The quantitative estimate of drug-likeness (QED) is 0.808. The highest BCUT2D eigenvalue weighted by molar-refractivity contribution is 7.11. The van der Waals surface area contributed by atoms with Crippen LogP contribution >= 0.6 is 11.3 Å². The van der Waals surface area contributed by atoms with Gasteiger partial charge in [-0.15, -0.1) is 11.3 Å². The average Bonchev–Trinajstić information content (AvgIpc) is 2.89. The van der Waals surface area contributed by atoms with Gasteiger partial charge in [-0.2, -0.15) is 0 Å². The maximum absolute atomic E-state index is 5.18. The Balaban J connectivity index is 1.69. The van der Waals surface area contributed by atoms with Crippen LogP contribution in [0.2, 0.25) is 0 Å². The van der Waals surface area contributed by atoms with E-state index in [9.17, 15) is 0 Å². The molecule has 0 saturated carbocycles. The number of nitrogens with zero attached hydrogens (tertiary/aromatic N) is 1. The highest BCUT2D eigenvalue weighted by Gasteiger charge is 1.96. The van der Waals surface area contributed by atoms with Crippen molar-refractivity contribution in [1.82, 2.24) is 10.3 Å². The Hall–Kier alpha value is -1.39. The molecular weight excluding hydrogens is 220 g/mol. The fraction of sp³-hybridized carbons (Fsp3) is 0.250. The predicted octanol–water partition coefficient (Wildman–Crippen LogP) is 2.85. The summed E-state index contributed by atoms with van der Waals surface area (Å²) < 4.78 is 5.18. The molecule has 1 N–H and O–H groups in total. The van der Waals surface area contributed by atoms with Crippen molar-refractivity contribution in [2.45, 2.75) is 13.5 Å². The molecule has 3 nitrogen and oxygen atoms in total. The molecule has 2 rings (SSSR count). The van der Waals surface area contributed by atoms with E-state index in [0.717, 1.165) is 23.9 Å². The number of rotatable bonds is 5. The lowest BCUT2D eigenvalue weighted by Crippen LogP contribution is -2.12. The van der Waals surface area contributed by atoms with Crippen molar-refractivity contribution >= 4 is 17.4 Å². The van der Waals surface area contributed by atoms with Gasteiger partial charge in [0.2, 0.25) is 0 Å². The van der Waals surface area contributed by atoms with Crippen LogP contribution in [0.25, 0.3) is 6.08 Å². The zero-order valence-corrected chi connectivity index (χ0v) is 9.96. The Labute approximate surface area is 98.8 Å². The lowest BCUT2D eigenvalue weighted by Gasteiger charge is -1.96. The first-order valence-corrected chi connectivity index (χ1v) is 5.98. The molecule has 0 aliphatic rings. The summed E-state index contributed by atoms with van der Waals surface area (Å²) >= 11 is 1.73. The van der Waals surface area contributed by atoms with Gasteiger partial charge in [0.15, 0.2) is 0 Å². The van der Waals surface area contributed by atoms with Gasteiger partial charge in [0, 0.05) is 24.2 Å². The number of aryl methyl sites for hydroxylation is 1. The number of nitrogens with one attached hydrogen (secondary N) is 1. The fourth-order valence-electron chi connectivity index (χ4n) is 1.31. The Bertz CT molecular complexity index is 445. The number of hydrogen-bond donors (Lipinski definition) is 1. The second kappa shape index (κ2) is 5.63. The van der Waals surface area contributed by atoms with E-state index in [2.05, 4.69) is 17.2 Å². The van der Waals surface area contributed by atoms with Gasteiger partial charge >= 0.3 is 0 Å². The normalized spacial score (nSPS) is 11.3. The van der Waals surface area contributed by atoms with Gasteiger partial charge in [0.05, 0.1) is 6.26 Å². The Morgan fingerprint density at radius 2 is 2.50 bits per heavy atom. The zero-order chi connectivity index (χ0) is 11.2. The van der Waals surface area contributed by atoms with Crippen LogP contribution in [0.4, 0.5) is 0 Å². The molecule has 0 aliphatic heterocycles. The molecule has 0 atom stereocenters. The second-order valence-corrected chi connectivity index (χ2v) is 4.73. The summed E-state index contributed by atoms with van der Waals surface area (Å²) in [6.07, 6.45) is 7.57. The third-order valence-corrected chi connectivity index (χ3v) is 2.95. The number of furan rings is 1. The SMILES string of the molecule is Cc1cnc(CNC/C=C/c2ccco2)s1. The molecule has 2 aromatic rings. The largest absolute Gasteiger partial charge is 0.465 e. The van der Waals surface area contributed by atoms with Gasteiger partial charge in [-0.1, -0.05) is 6.08 Å². The van der Waals surface area contributed by atoms with Crippen LogP contribution in [0, 0.1) is 6.92 Å². The molecule has 16 heavy (non-hydrogen) atoms. The summed E-state index contributed by atoms with van der Waals surface area (Å²) in [5, 5.41) is 4.43. The molecule has 2 aromatic heterocycles. The van der Waals surface area contributed by atoms with Crippen LogP contribution in [-0.4, -0.2) is 11.5 Å². The third-order valence-electron chi connectivity index (χ3n) is 2.03. The van der Waals surface area contributed by atoms with E-state index >= 15 is 0 Å². The lowest BCUT2D eigenvalue weighted by atomic mass is 10.4. The molecule has 0 amide bonds. The molecule has 0 radical (unpaired) electrons. The Morgan fingerprint density at radius 1 is 1.56 bits per heavy atom. The molecule has 0 bridgehead atoms. The Kier molecular flexibility index (Phi) is 3.91. The minimum Gasteiger partial charge on any atom is -0.465 e. The highest BCUT2D eigenvalue weighted by atomic mass is 32.1. The molecule has 0 fully saturated rings. The molecule has 0 unspecified atom stereocenters. The van der Waals surface area contributed by atoms with Crippen molar-refractivity contribution < 1.29 is 4.42 Å². The molecule has 84 valence electrons. The van der Waals surface area contributed by atoms with Crippen LogP contribution in [0.1, 0.15) is 15.6 Å². The van der Waals surface area contributed by atoms with E-state index < -0.39 is 0 Å². The minimum absolute atomic E-state index is 0.819. The molecule has 0 aliphatic carbocycles. The van der Waals surface area contributed by atoms with Gasteiger partial charge in [-0.25, -0.2) is 4.98 Å². The monoisotopic (exact) mass is 234 g/mol. The van der Waals surface area contributed by atoms with Crippen LogP contribution in [0.15, 0.2) is 35.1 Å². The van der Waals surface area contributed by atoms with Gasteiger partial charge in [-0.05, 0) is 25.1 Å². The van der Waals surface area contributed by atoms with Crippen LogP contribution in [0.5, 0.6) is 0 Å². The predicted molar refractivity (Wildman–Crippen MR) is 66.3 cm³/mol. The zero-order valence-electron chi connectivity index (χ0n) is 9.14. The van der Waals surface area contributed by atoms with Crippen LogP contribution < -0.4 is 5.32 Å². The van der Waals surface area contributed by atoms with Crippen molar-refractivity contribution in [1.29, 1.82) is 0 Å². The van der Waals surface area contributed by atoms with Crippen LogP contribution in [-0.2, 0) is 6.54 Å². The maximum atomic E-state index is 5.18. The first kappa shape index (κ1) is 11.1. The standard InChI is InChI=1S/C12H14N2OS/c1-10-8-14-12(16-10)9-13-6-2-4-11-5-3-7-15-11/h2-5,7-8,13H,6,9H2,1H3/b4-2+. The minimum atomic E-state index is 0.819. The highest BCUT2D eigenvalue weighted by Crippen LogP contribution is 2.10. The topological polar surface area (TPSA) is 38.1 Å². The molecule has 4 heteroatoms. The van der Waals surface area contributed by atoms with E-state index in [1.165, 1.54) is 4.88 Å². The number of aromatic nitrogens is 1. The smallest absolute Gasteiger partial charge is 0.126 e. The summed E-state index contributed by atoms with van der Waals surface area (Å²) in [7, 11) is 0. The van der Waals surface area contributed by atoms with Gasteiger partial charge in [0.25, 0.3) is 0 Å². The van der Waals surface area contributed by atoms with E-state index in [1.807, 2.05) is 30.5 Å². The summed E-state index contributed by atoms with van der Waals surface area (Å²) in [6.45, 7) is 3.71. The number of thiazole rings is 1. The Morgan fingerprint density at radius 3 is 3.19 bits per heavy atom. The van der Waals surface area contributed by atoms with Crippen molar-refractivity contribution in [3.63, 3.8) is 0 Å². The third kappa shape index (κ3) is 3.32. The van der Waals surface area contributed by atoms with Gasteiger partial charge in [-0.3, -0.25) is 0 Å². The van der Waals surface area contributed by atoms with Gasteiger partial charge in [0.1, 0.15) is 10.8 Å². The average molecular weight is 234 g/mol. The first-order valence-electron chi connectivity index (χ1n) is 5.16. The molecule has 2 heterocycles. The molecule has 0 saturated heterocycles. The van der Waals surface area contributed by atoms with Crippen molar-refractivity contribution in [3.05, 3.63) is 46.3 Å². The fourth-order valence-corrected chi connectivity index (χ4v) is 2.06. The van der Waals surface area contributed by atoms with Gasteiger partial charge < -0.3 is 9.73 Å². The maximum Gasteiger partial charge on any atom is 0.126 e. The molecule has 0 spiro atoms. The molecular formula is C12H14N2OS. The summed E-state index contributed by atoms with van der Waals surface area (Å²) in [5.74, 6) is 0.881. The lowest BCUT2D eigenvalue weighted by molar-refractivity contribution is 0.556. The van der Waals surface area contributed by atoms with E-state index in [4.69, 9.17) is 4.42 Å². The van der Waals surface area contributed by atoms with E-state index in [-0.39, 0.29) is 0 Å². The van der Waals surface area contributed by atoms with Crippen molar-refractivity contribution in [2.24, 2.45) is 0 Å². The first-order chi connectivity index (χ1) is 7.84. The van der Waals surface area contributed by atoms with E-state index in [1.54, 1.807) is 17.6 Å². The van der Waals surface area contributed by atoms with Crippen molar-refractivity contribution in [2.75, 3.05) is 6.54 Å². The second-order valence-electron chi connectivity index (χ2n) is 3.41. The van der Waals surface area contributed by atoms with Crippen molar-refractivity contribution in [3.8, 4) is 0 Å². The summed E-state index contributed by atoms with van der Waals surface area (Å²) in [5.41, 5.74) is 0. The molecule has 0 aromatic carbocycles. The van der Waals surface area contributed by atoms with Crippen LogP contribution in [0.3, 0.4) is 0 Å². The number of hydrogen-bond acceptors (Lipinski definition) is 4. The summed E-state index contributed by atoms with van der Waals surface area (Å²) in [4.78, 5) is 5.53. The van der Waals surface area contributed by atoms with E-state index in [0.29, 0.717) is 0 Å². The summed E-state index contributed by atoms with van der Waals surface area (Å²) in [6, 6.07) is 3.81.